The van der Waals surface area contributed by atoms with Crippen molar-refractivity contribution in [1.29, 1.82) is 5.26 Å². The van der Waals surface area contributed by atoms with E-state index in [1.807, 2.05) is 0 Å². The third-order valence-corrected chi connectivity index (χ3v) is 4.07. The highest BCUT2D eigenvalue weighted by atomic mass is 15.2. The third kappa shape index (κ3) is 1.52. The van der Waals surface area contributed by atoms with E-state index in [-0.39, 0.29) is 0 Å². The van der Waals surface area contributed by atoms with Crippen molar-refractivity contribution in [2.24, 2.45) is 11.8 Å². The van der Waals surface area contributed by atoms with Crippen molar-refractivity contribution in [1.82, 2.24) is 4.90 Å². The number of nitriles is 1. The average Bonchev–Trinajstić information content (AvgIpc) is 2.86. The number of hydrogen-bond donors (Lipinski definition) is 0. The fraction of sp³-hybridized carbons (Fsp3) is 0.500. The largest absolute Gasteiger partial charge is 0.294 e. The van der Waals surface area contributed by atoms with Crippen LogP contribution in [0.15, 0.2) is 30.3 Å². The summed E-state index contributed by atoms with van der Waals surface area (Å²) >= 11 is 0. The maximum Gasteiger partial charge on any atom is 0.0675 e. The van der Waals surface area contributed by atoms with Crippen LogP contribution in [0.1, 0.15) is 18.4 Å². The van der Waals surface area contributed by atoms with Crippen LogP contribution >= 0.6 is 0 Å². The molecular weight excluding hydrogens is 196 g/mol. The Bertz CT molecular complexity index is 406. The summed E-state index contributed by atoms with van der Waals surface area (Å²) < 4.78 is 0. The second kappa shape index (κ2) is 3.92. The predicted molar refractivity (Wildman–Crippen MR) is 62.5 cm³/mol. The lowest BCUT2D eigenvalue weighted by molar-refractivity contribution is 0.202. The highest BCUT2D eigenvalue weighted by Crippen LogP contribution is 2.42. The topological polar surface area (TPSA) is 27.0 Å². The lowest BCUT2D eigenvalue weighted by atomic mass is 10.0. The predicted octanol–water partition coefficient (Wildman–Crippen LogP) is 2.42. The van der Waals surface area contributed by atoms with Gasteiger partial charge in [0, 0.05) is 19.1 Å². The molecule has 0 spiro atoms. The van der Waals surface area contributed by atoms with Crippen LogP contribution in [0.3, 0.4) is 0 Å². The highest BCUT2D eigenvalue weighted by Gasteiger charge is 2.46. The van der Waals surface area contributed by atoms with Gasteiger partial charge in [0.25, 0.3) is 0 Å². The molecule has 1 unspecified atom stereocenters. The molecule has 2 nitrogen and oxygen atoms in total. The van der Waals surface area contributed by atoms with E-state index in [1.165, 1.54) is 18.4 Å². The van der Waals surface area contributed by atoms with Crippen molar-refractivity contribution in [3.05, 3.63) is 35.9 Å². The van der Waals surface area contributed by atoms with Crippen molar-refractivity contribution in [3.63, 3.8) is 0 Å². The Morgan fingerprint density at radius 3 is 2.75 bits per heavy atom. The molecule has 1 aromatic carbocycles. The quantitative estimate of drug-likeness (QED) is 0.752. The molecule has 3 atom stereocenters. The van der Waals surface area contributed by atoms with E-state index >= 15 is 0 Å². The van der Waals surface area contributed by atoms with Gasteiger partial charge in [-0.05, 0) is 24.3 Å². The van der Waals surface area contributed by atoms with Gasteiger partial charge in [-0.3, -0.25) is 4.90 Å². The zero-order valence-corrected chi connectivity index (χ0v) is 9.34. The van der Waals surface area contributed by atoms with E-state index in [4.69, 9.17) is 5.26 Å². The second-order valence-electron chi connectivity index (χ2n) is 4.97. The molecule has 2 heteroatoms. The standard InChI is InChI=1S/C14H16N2/c15-8-13-12-6-7-14(13)16(10-12)9-11-4-2-1-3-5-11/h1-5,12-14H,6-7,9-10H2/t12-,13?,14-/m0/s1. The summed E-state index contributed by atoms with van der Waals surface area (Å²) in [5.74, 6) is 0.933. The van der Waals surface area contributed by atoms with Gasteiger partial charge in [0.15, 0.2) is 0 Å². The average molecular weight is 212 g/mol. The van der Waals surface area contributed by atoms with Gasteiger partial charge in [0.05, 0.1) is 12.0 Å². The Hall–Kier alpha value is -1.33. The van der Waals surface area contributed by atoms with Crippen LogP contribution in [0, 0.1) is 23.2 Å². The number of benzene rings is 1. The molecule has 1 saturated heterocycles. The minimum absolute atomic E-state index is 0.295. The molecule has 82 valence electrons. The van der Waals surface area contributed by atoms with E-state index in [2.05, 4.69) is 41.3 Å². The molecule has 1 aliphatic heterocycles. The number of likely N-dealkylation sites (tertiary alicyclic amines) is 1. The van der Waals surface area contributed by atoms with E-state index in [9.17, 15) is 0 Å². The minimum Gasteiger partial charge on any atom is -0.294 e. The SMILES string of the molecule is N#CC1[C@H]2CC[C@@H]1N(Cc1ccccc1)C2. The van der Waals surface area contributed by atoms with Gasteiger partial charge in [0.2, 0.25) is 0 Å². The molecule has 2 aliphatic rings. The number of piperidine rings is 1. The van der Waals surface area contributed by atoms with Crippen molar-refractivity contribution < 1.29 is 0 Å². The number of hydrogen-bond acceptors (Lipinski definition) is 2. The number of nitrogens with zero attached hydrogens (tertiary/aromatic N) is 2. The molecule has 0 radical (unpaired) electrons. The summed E-state index contributed by atoms with van der Waals surface area (Å²) in [4.78, 5) is 2.50. The monoisotopic (exact) mass is 212 g/mol. The maximum absolute atomic E-state index is 9.15. The fourth-order valence-electron chi connectivity index (χ4n) is 3.30. The van der Waals surface area contributed by atoms with Gasteiger partial charge in [-0.1, -0.05) is 30.3 Å². The zero-order chi connectivity index (χ0) is 11.0. The van der Waals surface area contributed by atoms with Gasteiger partial charge in [-0.15, -0.1) is 0 Å². The Kier molecular flexibility index (Phi) is 2.41. The molecule has 2 fully saturated rings. The molecule has 0 amide bonds. The van der Waals surface area contributed by atoms with Crippen LogP contribution in [-0.2, 0) is 6.54 Å². The molecule has 2 bridgehead atoms. The molecular formula is C14H16N2. The van der Waals surface area contributed by atoms with Crippen molar-refractivity contribution in [2.75, 3.05) is 6.54 Å². The van der Waals surface area contributed by atoms with Crippen LogP contribution in [0.4, 0.5) is 0 Å². The van der Waals surface area contributed by atoms with Crippen LogP contribution in [0.2, 0.25) is 0 Å². The zero-order valence-electron chi connectivity index (χ0n) is 9.34. The Balaban J connectivity index is 1.73. The van der Waals surface area contributed by atoms with Crippen LogP contribution in [0.25, 0.3) is 0 Å². The smallest absolute Gasteiger partial charge is 0.0675 e. The Morgan fingerprint density at radius 2 is 2.06 bits per heavy atom. The fourth-order valence-corrected chi connectivity index (χ4v) is 3.30. The van der Waals surface area contributed by atoms with Crippen LogP contribution in [0.5, 0.6) is 0 Å². The van der Waals surface area contributed by atoms with Gasteiger partial charge >= 0.3 is 0 Å². The molecule has 1 saturated carbocycles. The van der Waals surface area contributed by atoms with E-state index in [1.54, 1.807) is 0 Å². The lowest BCUT2D eigenvalue weighted by Gasteiger charge is -2.26. The van der Waals surface area contributed by atoms with Gasteiger partial charge in [0.1, 0.15) is 0 Å². The van der Waals surface area contributed by atoms with Crippen molar-refractivity contribution >= 4 is 0 Å². The van der Waals surface area contributed by atoms with Gasteiger partial charge in [-0.25, -0.2) is 0 Å². The van der Waals surface area contributed by atoms with Crippen molar-refractivity contribution in [2.45, 2.75) is 25.4 Å². The third-order valence-electron chi connectivity index (χ3n) is 4.07. The molecule has 0 N–H and O–H groups in total. The second-order valence-corrected chi connectivity index (χ2v) is 4.97. The molecule has 1 aliphatic carbocycles. The van der Waals surface area contributed by atoms with Crippen LogP contribution in [-0.4, -0.2) is 17.5 Å². The molecule has 1 heterocycles. The first-order valence-corrected chi connectivity index (χ1v) is 6.06. The highest BCUT2D eigenvalue weighted by molar-refractivity contribution is 5.16. The van der Waals surface area contributed by atoms with Gasteiger partial charge < -0.3 is 0 Å². The minimum atomic E-state index is 0.295. The normalized spacial score (nSPS) is 32.8. The van der Waals surface area contributed by atoms with E-state index in [0.717, 1.165) is 13.1 Å². The summed E-state index contributed by atoms with van der Waals surface area (Å²) in [6, 6.07) is 13.6. The molecule has 16 heavy (non-hydrogen) atoms. The van der Waals surface area contributed by atoms with Crippen molar-refractivity contribution in [3.8, 4) is 6.07 Å². The first kappa shape index (κ1) is 9.86. The summed E-state index contributed by atoms with van der Waals surface area (Å²) in [7, 11) is 0. The molecule has 1 aromatic rings. The van der Waals surface area contributed by atoms with Gasteiger partial charge in [-0.2, -0.15) is 5.26 Å². The number of rotatable bonds is 2. The first-order chi connectivity index (χ1) is 7.88. The van der Waals surface area contributed by atoms with E-state index in [0.29, 0.717) is 17.9 Å². The first-order valence-electron chi connectivity index (χ1n) is 6.06. The summed E-state index contributed by atoms with van der Waals surface area (Å²) in [5, 5.41) is 9.15. The molecule has 0 aromatic heterocycles. The maximum atomic E-state index is 9.15. The Morgan fingerprint density at radius 1 is 1.25 bits per heavy atom. The van der Waals surface area contributed by atoms with Crippen LogP contribution < -0.4 is 0 Å². The number of fused-ring (bicyclic) bond motifs is 2. The summed E-state index contributed by atoms with van der Waals surface area (Å²) in [6.45, 7) is 2.14. The Labute approximate surface area is 96.5 Å². The van der Waals surface area contributed by atoms with E-state index < -0.39 is 0 Å². The molecule has 3 rings (SSSR count). The summed E-state index contributed by atoms with van der Waals surface area (Å²) in [6.07, 6.45) is 2.48. The summed E-state index contributed by atoms with van der Waals surface area (Å²) in [5.41, 5.74) is 1.37. The lowest BCUT2D eigenvalue weighted by Crippen LogP contribution is -2.32.